The largest absolute Gasteiger partial charge is 0.343 e. The second kappa shape index (κ2) is 6.30. The maximum atomic E-state index is 11.8. The monoisotopic (exact) mass is 302 g/mol. The van der Waals surface area contributed by atoms with Crippen LogP contribution in [0.25, 0.3) is 0 Å². The van der Waals surface area contributed by atoms with Crippen molar-refractivity contribution in [1.29, 1.82) is 0 Å². The van der Waals surface area contributed by atoms with Crippen LogP contribution < -0.4 is 10.0 Å². The van der Waals surface area contributed by atoms with E-state index in [1.54, 1.807) is 13.8 Å². The van der Waals surface area contributed by atoms with Crippen LogP contribution in [0.5, 0.6) is 0 Å². The number of rotatable bonds is 3. The van der Waals surface area contributed by atoms with Crippen LogP contribution in [0.3, 0.4) is 0 Å². The molecule has 1 aliphatic carbocycles. The molecule has 0 saturated heterocycles. The fraction of sp³-hybridized carbons (Fsp3) is 0.923. The fourth-order valence-corrected chi connectivity index (χ4v) is 3.47. The first-order valence-corrected chi connectivity index (χ1v) is 8.99. The third-order valence-electron chi connectivity index (χ3n) is 4.25. The number of nitrogens with zero attached hydrogens (tertiary/aromatic N) is 2. The molecule has 2 unspecified atom stereocenters. The average molecular weight is 302 g/mol. The summed E-state index contributed by atoms with van der Waals surface area (Å²) in [7, 11) is -3.31. The number of aliphatic imine (C=N–C) groups is 1. The Kier molecular flexibility index (Phi) is 4.90. The summed E-state index contributed by atoms with van der Waals surface area (Å²) in [6.45, 7) is 6.83. The minimum absolute atomic E-state index is 0.374. The number of hydrogen-bond acceptors (Lipinski definition) is 5. The first-order valence-electron chi connectivity index (χ1n) is 7.44. The van der Waals surface area contributed by atoms with E-state index >= 15 is 0 Å². The van der Waals surface area contributed by atoms with Gasteiger partial charge in [0, 0.05) is 6.04 Å². The van der Waals surface area contributed by atoms with Gasteiger partial charge in [0.25, 0.3) is 0 Å². The van der Waals surface area contributed by atoms with Gasteiger partial charge in [-0.2, -0.15) is 0 Å². The van der Waals surface area contributed by atoms with E-state index in [4.69, 9.17) is 0 Å². The van der Waals surface area contributed by atoms with Crippen molar-refractivity contribution in [2.24, 2.45) is 10.9 Å². The first kappa shape index (κ1) is 15.6. The molecule has 1 aliphatic heterocycles. The number of sulfonamides is 1. The van der Waals surface area contributed by atoms with Crippen molar-refractivity contribution in [3.63, 3.8) is 0 Å². The minimum atomic E-state index is -3.31. The molecule has 0 radical (unpaired) electrons. The molecule has 1 heterocycles. The van der Waals surface area contributed by atoms with Crippen LogP contribution in [0.15, 0.2) is 4.99 Å². The van der Waals surface area contributed by atoms with Crippen molar-refractivity contribution >= 4 is 16.0 Å². The van der Waals surface area contributed by atoms with Crippen molar-refractivity contribution in [2.75, 3.05) is 13.3 Å². The Morgan fingerprint density at radius 2 is 2.05 bits per heavy atom. The number of nitrogens with one attached hydrogen (secondary N) is 2. The SMILES string of the molecule is CC1CCCCC1N1CN=C(NS(=O)(=O)C(C)C)NC1. The summed E-state index contributed by atoms with van der Waals surface area (Å²) < 4.78 is 26.1. The molecule has 2 aliphatic rings. The van der Waals surface area contributed by atoms with Gasteiger partial charge in [0.1, 0.15) is 0 Å². The summed E-state index contributed by atoms with van der Waals surface area (Å²) >= 11 is 0. The zero-order valence-corrected chi connectivity index (χ0v) is 13.4. The van der Waals surface area contributed by atoms with E-state index < -0.39 is 15.3 Å². The van der Waals surface area contributed by atoms with E-state index in [0.717, 1.165) is 0 Å². The molecular weight excluding hydrogens is 276 g/mol. The van der Waals surface area contributed by atoms with Gasteiger partial charge >= 0.3 is 0 Å². The molecule has 2 N–H and O–H groups in total. The highest BCUT2D eigenvalue weighted by Crippen LogP contribution is 2.28. The van der Waals surface area contributed by atoms with Gasteiger partial charge in [-0.3, -0.25) is 9.62 Å². The quantitative estimate of drug-likeness (QED) is 0.818. The second-order valence-corrected chi connectivity index (χ2v) is 8.33. The molecular formula is C13H26N4O2S. The Morgan fingerprint density at radius 1 is 1.35 bits per heavy atom. The Bertz CT molecular complexity index is 461. The van der Waals surface area contributed by atoms with Gasteiger partial charge in [0.2, 0.25) is 16.0 Å². The third kappa shape index (κ3) is 3.63. The number of guanidine groups is 1. The highest BCUT2D eigenvalue weighted by Gasteiger charge is 2.29. The molecule has 0 bridgehead atoms. The maximum Gasteiger partial charge on any atom is 0.237 e. The Morgan fingerprint density at radius 3 is 2.60 bits per heavy atom. The zero-order chi connectivity index (χ0) is 14.8. The molecule has 2 atom stereocenters. The smallest absolute Gasteiger partial charge is 0.237 e. The topological polar surface area (TPSA) is 73.8 Å². The van der Waals surface area contributed by atoms with Crippen molar-refractivity contribution < 1.29 is 8.42 Å². The number of hydrogen-bond donors (Lipinski definition) is 2. The molecule has 116 valence electrons. The molecule has 0 aromatic heterocycles. The molecule has 0 aromatic rings. The van der Waals surface area contributed by atoms with Gasteiger partial charge in [-0.1, -0.05) is 19.8 Å². The molecule has 7 heteroatoms. The molecule has 0 amide bonds. The lowest BCUT2D eigenvalue weighted by Crippen LogP contribution is -2.55. The van der Waals surface area contributed by atoms with E-state index in [1.165, 1.54) is 25.7 Å². The lowest BCUT2D eigenvalue weighted by atomic mass is 9.85. The van der Waals surface area contributed by atoms with Crippen molar-refractivity contribution in [3.8, 4) is 0 Å². The predicted octanol–water partition coefficient (Wildman–Crippen LogP) is 1.07. The summed E-state index contributed by atoms with van der Waals surface area (Å²) in [6.07, 6.45) is 5.09. The summed E-state index contributed by atoms with van der Waals surface area (Å²) in [6, 6.07) is 0.559. The molecule has 1 saturated carbocycles. The lowest BCUT2D eigenvalue weighted by Gasteiger charge is -2.39. The van der Waals surface area contributed by atoms with E-state index in [2.05, 4.69) is 26.9 Å². The summed E-state index contributed by atoms with van der Waals surface area (Å²) in [5.74, 6) is 1.06. The van der Waals surface area contributed by atoms with Crippen molar-refractivity contribution in [2.45, 2.75) is 57.7 Å². The predicted molar refractivity (Wildman–Crippen MR) is 80.8 cm³/mol. The lowest BCUT2D eigenvalue weighted by molar-refractivity contribution is 0.106. The van der Waals surface area contributed by atoms with E-state index in [9.17, 15) is 8.42 Å². The zero-order valence-electron chi connectivity index (χ0n) is 12.6. The van der Waals surface area contributed by atoms with Crippen LogP contribution in [-0.2, 0) is 10.0 Å². The molecule has 2 rings (SSSR count). The standard InChI is InChI=1S/C13H26N4O2S/c1-10(2)20(18,19)16-13-14-8-17(9-15-13)12-7-5-4-6-11(12)3/h10-12H,4-9H2,1-3H3,(H2,14,15,16). The summed E-state index contributed by atoms with van der Waals surface area (Å²) in [4.78, 5) is 6.63. The summed E-state index contributed by atoms with van der Waals surface area (Å²) in [5.41, 5.74) is 0. The highest BCUT2D eigenvalue weighted by molar-refractivity contribution is 7.90. The normalized spacial score (nSPS) is 28.9. The van der Waals surface area contributed by atoms with Crippen LogP contribution in [0.4, 0.5) is 0 Å². The van der Waals surface area contributed by atoms with Crippen molar-refractivity contribution in [3.05, 3.63) is 0 Å². The van der Waals surface area contributed by atoms with Crippen LogP contribution in [0.2, 0.25) is 0 Å². The van der Waals surface area contributed by atoms with Gasteiger partial charge in [-0.15, -0.1) is 0 Å². The average Bonchev–Trinajstić information content (AvgIpc) is 2.40. The molecule has 6 nitrogen and oxygen atoms in total. The van der Waals surface area contributed by atoms with Crippen LogP contribution in [0, 0.1) is 5.92 Å². The van der Waals surface area contributed by atoms with Gasteiger partial charge in [-0.25, -0.2) is 13.4 Å². The van der Waals surface area contributed by atoms with Crippen LogP contribution >= 0.6 is 0 Å². The Labute approximate surface area is 122 Å². The van der Waals surface area contributed by atoms with Gasteiger partial charge in [-0.05, 0) is 32.6 Å². The molecule has 0 spiro atoms. The van der Waals surface area contributed by atoms with Crippen LogP contribution in [0.1, 0.15) is 46.5 Å². The molecule has 0 aromatic carbocycles. The van der Waals surface area contributed by atoms with Crippen LogP contribution in [-0.4, -0.2) is 43.9 Å². The van der Waals surface area contributed by atoms with Gasteiger partial charge in [0.05, 0.1) is 18.6 Å². The van der Waals surface area contributed by atoms with E-state index in [1.807, 2.05) is 0 Å². The molecule has 1 fully saturated rings. The van der Waals surface area contributed by atoms with Gasteiger partial charge < -0.3 is 5.32 Å². The Hall–Kier alpha value is -0.820. The molecule has 20 heavy (non-hydrogen) atoms. The van der Waals surface area contributed by atoms with E-state index in [-0.39, 0.29) is 0 Å². The minimum Gasteiger partial charge on any atom is -0.343 e. The fourth-order valence-electron chi connectivity index (χ4n) is 2.83. The third-order valence-corrected chi connectivity index (χ3v) is 5.97. The van der Waals surface area contributed by atoms with Crippen molar-refractivity contribution in [1.82, 2.24) is 14.9 Å². The second-order valence-electron chi connectivity index (χ2n) is 6.10. The Balaban J connectivity index is 1.93. The first-order chi connectivity index (χ1) is 9.40. The van der Waals surface area contributed by atoms with Gasteiger partial charge in [0.15, 0.2) is 0 Å². The maximum absolute atomic E-state index is 11.8. The highest BCUT2D eigenvalue weighted by atomic mass is 32.2. The summed E-state index contributed by atoms with van der Waals surface area (Å²) in [5, 5.41) is 2.63. The van der Waals surface area contributed by atoms with E-state index in [0.29, 0.717) is 31.3 Å².